The molecule has 0 aliphatic heterocycles. The Balaban J connectivity index is 2.82. The second-order valence-corrected chi connectivity index (χ2v) is 4.17. The van der Waals surface area contributed by atoms with Gasteiger partial charge in [-0.15, -0.1) is 0 Å². The minimum atomic E-state index is -3.75. The largest absolute Gasteiger partial charge is 0.480 e. The van der Waals surface area contributed by atoms with Crippen molar-refractivity contribution in [1.82, 2.24) is 9.71 Å². The van der Waals surface area contributed by atoms with Crippen LogP contribution in [0.5, 0.6) is 0 Å². The van der Waals surface area contributed by atoms with Crippen molar-refractivity contribution in [3.63, 3.8) is 0 Å². The van der Waals surface area contributed by atoms with Gasteiger partial charge in [-0.1, -0.05) is 0 Å². The molecule has 7 heteroatoms. The van der Waals surface area contributed by atoms with Crippen LogP contribution in [0.4, 0.5) is 0 Å². The van der Waals surface area contributed by atoms with Gasteiger partial charge in [0.1, 0.15) is 11.4 Å². The number of carbonyl (C=O) groups is 1. The summed E-state index contributed by atoms with van der Waals surface area (Å²) < 4.78 is 24.6. The van der Waals surface area contributed by atoms with Crippen LogP contribution in [-0.2, 0) is 14.8 Å². The first-order valence-electron chi connectivity index (χ1n) is 3.64. The van der Waals surface area contributed by atoms with Crippen molar-refractivity contribution in [1.29, 1.82) is 0 Å². The van der Waals surface area contributed by atoms with E-state index in [1.165, 1.54) is 18.3 Å². The summed E-state index contributed by atoms with van der Waals surface area (Å²) in [5, 5.41) is 8.28. The van der Waals surface area contributed by atoms with Gasteiger partial charge in [0.2, 0.25) is 10.0 Å². The molecule has 0 bridgehead atoms. The molecule has 76 valence electrons. The van der Waals surface area contributed by atoms with Gasteiger partial charge in [-0.2, -0.15) is 4.72 Å². The van der Waals surface area contributed by atoms with E-state index in [1.54, 1.807) is 0 Å². The van der Waals surface area contributed by atoms with E-state index in [9.17, 15) is 13.2 Å². The molecule has 0 saturated heterocycles. The number of nitrogens with zero attached hydrogens (tertiary/aromatic N) is 1. The number of nitrogens with one attached hydrogen (secondary N) is 1. The maximum absolute atomic E-state index is 11.3. The number of carboxylic acid groups (broad SMARTS) is 1. The van der Waals surface area contributed by atoms with Gasteiger partial charge in [0, 0.05) is 12.4 Å². The fourth-order valence-electron chi connectivity index (χ4n) is 0.746. The lowest BCUT2D eigenvalue weighted by Gasteiger charge is -2.02. The number of rotatable bonds is 4. The van der Waals surface area contributed by atoms with Gasteiger partial charge in [-0.25, -0.2) is 8.42 Å². The van der Waals surface area contributed by atoms with Gasteiger partial charge in [0.15, 0.2) is 0 Å². The zero-order valence-corrected chi connectivity index (χ0v) is 7.86. The molecule has 0 spiro atoms. The molecular formula is C7H8N2O4S. The smallest absolute Gasteiger partial charge is 0.318 e. The molecule has 0 aliphatic carbocycles. The van der Waals surface area contributed by atoms with Crippen LogP contribution in [0.1, 0.15) is 0 Å². The average Bonchev–Trinajstić information content (AvgIpc) is 2.16. The summed E-state index contributed by atoms with van der Waals surface area (Å²) in [5.74, 6) is -1.24. The van der Waals surface area contributed by atoms with E-state index < -0.39 is 22.5 Å². The predicted octanol–water partition coefficient (Wildman–Crippen LogP) is -0.556. The fraction of sp³-hybridized carbons (Fsp3) is 0.143. The molecule has 1 aromatic rings. The predicted molar refractivity (Wildman–Crippen MR) is 47.1 cm³/mol. The van der Waals surface area contributed by atoms with Crippen molar-refractivity contribution in [2.24, 2.45) is 0 Å². The minimum Gasteiger partial charge on any atom is -0.480 e. The summed E-state index contributed by atoms with van der Waals surface area (Å²) in [6, 6.07) is 2.78. The van der Waals surface area contributed by atoms with Crippen LogP contribution in [0, 0.1) is 0 Å². The van der Waals surface area contributed by atoms with Gasteiger partial charge < -0.3 is 5.11 Å². The summed E-state index contributed by atoms with van der Waals surface area (Å²) in [6.07, 6.45) is 2.57. The molecule has 0 aromatic carbocycles. The number of pyridine rings is 1. The highest BCUT2D eigenvalue weighted by atomic mass is 32.2. The van der Waals surface area contributed by atoms with Crippen molar-refractivity contribution in [3.05, 3.63) is 24.5 Å². The maximum Gasteiger partial charge on any atom is 0.318 e. The van der Waals surface area contributed by atoms with E-state index >= 15 is 0 Å². The quantitative estimate of drug-likeness (QED) is 0.703. The molecule has 1 rings (SSSR count). The first-order chi connectivity index (χ1) is 6.52. The summed E-state index contributed by atoms with van der Waals surface area (Å²) in [4.78, 5) is 13.7. The van der Waals surface area contributed by atoms with Crippen LogP contribution in [-0.4, -0.2) is 31.0 Å². The number of aliphatic carboxylic acids is 1. The lowest BCUT2D eigenvalue weighted by molar-refractivity contribution is -0.135. The molecule has 0 fully saturated rings. The van der Waals surface area contributed by atoms with Crippen LogP contribution in [0.15, 0.2) is 29.4 Å². The Morgan fingerprint density at radius 1 is 1.57 bits per heavy atom. The first kappa shape index (κ1) is 10.6. The third-order valence-corrected chi connectivity index (χ3v) is 2.74. The number of sulfonamides is 1. The third-order valence-electron chi connectivity index (χ3n) is 1.36. The van der Waals surface area contributed by atoms with Crippen molar-refractivity contribution in [3.8, 4) is 0 Å². The van der Waals surface area contributed by atoms with Crippen LogP contribution >= 0.6 is 0 Å². The van der Waals surface area contributed by atoms with Crippen LogP contribution in [0.2, 0.25) is 0 Å². The van der Waals surface area contributed by atoms with Gasteiger partial charge >= 0.3 is 5.97 Å². The third kappa shape index (κ3) is 2.79. The molecule has 6 nitrogen and oxygen atoms in total. The monoisotopic (exact) mass is 216 g/mol. The molecule has 0 unspecified atom stereocenters. The molecule has 0 radical (unpaired) electrons. The molecule has 2 N–H and O–H groups in total. The van der Waals surface area contributed by atoms with Crippen LogP contribution < -0.4 is 4.72 Å². The molecule has 0 saturated carbocycles. The number of hydrogen-bond donors (Lipinski definition) is 2. The Kier molecular flexibility index (Phi) is 3.15. The van der Waals surface area contributed by atoms with Gasteiger partial charge in [0.25, 0.3) is 0 Å². The Labute approximate surface area is 80.6 Å². The summed E-state index contributed by atoms with van der Waals surface area (Å²) in [6.45, 7) is -0.642. The summed E-state index contributed by atoms with van der Waals surface area (Å²) >= 11 is 0. The molecule has 0 amide bonds. The second kappa shape index (κ2) is 4.16. The fourth-order valence-corrected chi connectivity index (χ4v) is 1.68. The Hall–Kier alpha value is -1.47. The molecular weight excluding hydrogens is 208 g/mol. The van der Waals surface area contributed by atoms with Crippen molar-refractivity contribution in [2.75, 3.05) is 6.54 Å². The van der Waals surface area contributed by atoms with E-state index in [2.05, 4.69) is 4.98 Å². The highest BCUT2D eigenvalue weighted by molar-refractivity contribution is 7.89. The minimum absolute atomic E-state index is 0.0544. The van der Waals surface area contributed by atoms with E-state index in [0.29, 0.717) is 0 Å². The van der Waals surface area contributed by atoms with Crippen molar-refractivity contribution < 1.29 is 18.3 Å². The van der Waals surface area contributed by atoms with E-state index in [4.69, 9.17) is 5.11 Å². The highest BCUT2D eigenvalue weighted by Gasteiger charge is 2.14. The Morgan fingerprint density at radius 3 is 2.79 bits per heavy atom. The average molecular weight is 216 g/mol. The van der Waals surface area contributed by atoms with Gasteiger partial charge in [0.05, 0.1) is 0 Å². The lowest BCUT2D eigenvalue weighted by atomic mass is 10.5. The lowest BCUT2D eigenvalue weighted by Crippen LogP contribution is -2.29. The summed E-state index contributed by atoms with van der Waals surface area (Å²) in [5.41, 5.74) is 0. The molecule has 0 atom stereocenters. The maximum atomic E-state index is 11.3. The molecule has 0 aliphatic rings. The molecule has 14 heavy (non-hydrogen) atoms. The van der Waals surface area contributed by atoms with Crippen molar-refractivity contribution >= 4 is 16.0 Å². The van der Waals surface area contributed by atoms with Crippen LogP contribution in [0.3, 0.4) is 0 Å². The SMILES string of the molecule is O=C(O)CNS(=O)(=O)c1cccnc1. The number of carboxylic acids is 1. The van der Waals surface area contributed by atoms with Crippen LogP contribution in [0.25, 0.3) is 0 Å². The zero-order valence-electron chi connectivity index (χ0n) is 7.04. The highest BCUT2D eigenvalue weighted by Crippen LogP contribution is 2.04. The van der Waals surface area contributed by atoms with E-state index in [-0.39, 0.29) is 4.90 Å². The normalized spacial score (nSPS) is 11.1. The van der Waals surface area contributed by atoms with E-state index in [0.717, 1.165) is 6.20 Å². The topological polar surface area (TPSA) is 96.4 Å². The summed E-state index contributed by atoms with van der Waals surface area (Å²) in [7, 11) is -3.75. The Morgan fingerprint density at radius 2 is 2.29 bits per heavy atom. The standard InChI is InChI=1S/C7H8N2O4S/c10-7(11)5-9-14(12,13)6-2-1-3-8-4-6/h1-4,9H,5H2,(H,10,11). The molecule has 1 aromatic heterocycles. The first-order valence-corrected chi connectivity index (χ1v) is 5.12. The van der Waals surface area contributed by atoms with Gasteiger partial charge in [-0.05, 0) is 12.1 Å². The number of hydrogen-bond acceptors (Lipinski definition) is 4. The number of aromatic nitrogens is 1. The second-order valence-electron chi connectivity index (χ2n) is 2.41. The van der Waals surface area contributed by atoms with Crippen molar-refractivity contribution in [2.45, 2.75) is 4.90 Å². The zero-order chi connectivity index (χ0) is 10.6. The Bertz CT molecular complexity index is 415. The van der Waals surface area contributed by atoms with Gasteiger partial charge in [-0.3, -0.25) is 9.78 Å². The van der Waals surface area contributed by atoms with E-state index in [1.807, 2.05) is 4.72 Å². The molecule has 1 heterocycles.